The van der Waals surface area contributed by atoms with Gasteiger partial charge in [0, 0.05) is 28.0 Å². The Balaban J connectivity index is 1.87. The molecule has 1 N–H and O–H groups in total. The molecule has 2 rings (SSSR count). The first-order valence-corrected chi connectivity index (χ1v) is 8.89. The molecule has 0 aliphatic rings. The molecular formula is C20H20BrNO3. The summed E-state index contributed by atoms with van der Waals surface area (Å²) >= 11 is 3.34. The van der Waals surface area contributed by atoms with Gasteiger partial charge >= 0.3 is 5.97 Å². The topological polar surface area (TPSA) is 55.4 Å². The van der Waals surface area contributed by atoms with Crippen molar-refractivity contribution in [2.45, 2.75) is 19.8 Å². The average Bonchev–Trinajstić information content (AvgIpc) is 2.63. The number of nitrogens with one attached hydrogen (secondary N) is 1. The van der Waals surface area contributed by atoms with Gasteiger partial charge in [0.15, 0.2) is 5.78 Å². The molecule has 0 heterocycles. The Bertz CT molecular complexity index is 737. The smallest absolute Gasteiger partial charge is 0.338 e. The van der Waals surface area contributed by atoms with Gasteiger partial charge in [0.05, 0.1) is 12.2 Å². The first-order valence-electron chi connectivity index (χ1n) is 8.10. The van der Waals surface area contributed by atoms with Gasteiger partial charge in [-0.15, -0.1) is 0 Å². The summed E-state index contributed by atoms with van der Waals surface area (Å²) in [6, 6.07) is 14.1. The van der Waals surface area contributed by atoms with Crippen LogP contribution in [0.5, 0.6) is 0 Å². The highest BCUT2D eigenvalue weighted by molar-refractivity contribution is 9.10. The van der Waals surface area contributed by atoms with Crippen molar-refractivity contribution in [3.05, 3.63) is 76.4 Å². The highest BCUT2D eigenvalue weighted by Gasteiger charge is 2.06. The van der Waals surface area contributed by atoms with Crippen LogP contribution < -0.4 is 5.32 Å². The minimum Gasteiger partial charge on any atom is -0.462 e. The Hall–Kier alpha value is -2.40. The number of carbonyl (C=O) groups is 2. The average molecular weight is 402 g/mol. The number of esters is 1. The van der Waals surface area contributed by atoms with Crippen molar-refractivity contribution < 1.29 is 14.3 Å². The van der Waals surface area contributed by atoms with Crippen LogP contribution in [0.4, 0.5) is 5.69 Å². The molecule has 2 aromatic rings. The highest BCUT2D eigenvalue weighted by Crippen LogP contribution is 2.13. The molecule has 130 valence electrons. The lowest BCUT2D eigenvalue weighted by Crippen LogP contribution is -2.06. The van der Waals surface area contributed by atoms with Gasteiger partial charge in [0.2, 0.25) is 0 Å². The van der Waals surface area contributed by atoms with E-state index >= 15 is 0 Å². The normalized spacial score (nSPS) is 10.6. The van der Waals surface area contributed by atoms with E-state index in [1.807, 2.05) is 19.1 Å². The number of carbonyl (C=O) groups excluding carboxylic acids is 2. The van der Waals surface area contributed by atoms with Crippen LogP contribution in [-0.4, -0.2) is 18.4 Å². The van der Waals surface area contributed by atoms with E-state index in [0.29, 0.717) is 17.7 Å². The van der Waals surface area contributed by atoms with Crippen LogP contribution >= 0.6 is 15.9 Å². The van der Waals surface area contributed by atoms with Gasteiger partial charge in [-0.05, 0) is 55.0 Å². The SMILES string of the molecule is CCCCOC(=O)c1ccc(N/C=C/C(=O)c2ccc(Br)cc2)cc1. The van der Waals surface area contributed by atoms with Gasteiger partial charge in [-0.3, -0.25) is 4.79 Å². The van der Waals surface area contributed by atoms with Gasteiger partial charge in [0.25, 0.3) is 0 Å². The fourth-order valence-corrected chi connectivity index (χ4v) is 2.28. The zero-order chi connectivity index (χ0) is 18.1. The standard InChI is InChI=1S/C20H20BrNO3/c1-2-3-14-25-20(24)16-6-10-18(11-7-16)22-13-12-19(23)15-4-8-17(21)9-5-15/h4-13,22H,2-3,14H2,1H3/b13-12+. The fourth-order valence-electron chi connectivity index (χ4n) is 2.02. The molecule has 2 aromatic carbocycles. The molecule has 0 aromatic heterocycles. The molecule has 0 bridgehead atoms. The van der Waals surface area contributed by atoms with Crippen LogP contribution in [-0.2, 0) is 4.74 Å². The molecule has 0 fully saturated rings. The molecule has 0 unspecified atom stereocenters. The maximum atomic E-state index is 12.0. The first-order chi connectivity index (χ1) is 12.1. The second-order valence-corrected chi connectivity index (χ2v) is 6.33. The summed E-state index contributed by atoms with van der Waals surface area (Å²) < 4.78 is 6.09. The number of unbranched alkanes of at least 4 members (excludes halogenated alkanes) is 1. The zero-order valence-corrected chi connectivity index (χ0v) is 15.6. The number of anilines is 1. The molecule has 0 amide bonds. The minimum atomic E-state index is -0.319. The second-order valence-electron chi connectivity index (χ2n) is 5.42. The number of hydrogen-bond acceptors (Lipinski definition) is 4. The van der Waals surface area contributed by atoms with Crippen LogP contribution in [0.3, 0.4) is 0 Å². The van der Waals surface area contributed by atoms with Gasteiger partial charge in [-0.2, -0.15) is 0 Å². The number of rotatable bonds is 8. The van der Waals surface area contributed by atoms with E-state index in [1.165, 1.54) is 6.08 Å². The number of ketones is 1. The van der Waals surface area contributed by atoms with Gasteiger partial charge in [0.1, 0.15) is 0 Å². The Labute approximate surface area is 156 Å². The predicted octanol–water partition coefficient (Wildman–Crippen LogP) is 5.21. The zero-order valence-electron chi connectivity index (χ0n) is 14.0. The number of ether oxygens (including phenoxy) is 1. The molecule has 5 heteroatoms. The molecular weight excluding hydrogens is 382 g/mol. The van der Waals surface area contributed by atoms with Crippen LogP contribution in [0.15, 0.2) is 65.3 Å². The third-order valence-corrected chi connectivity index (χ3v) is 3.99. The van der Waals surface area contributed by atoms with Crippen LogP contribution in [0, 0.1) is 0 Å². The second kappa shape index (κ2) is 9.79. The van der Waals surface area contributed by atoms with Crippen molar-refractivity contribution in [1.82, 2.24) is 0 Å². The van der Waals surface area contributed by atoms with Crippen molar-refractivity contribution in [1.29, 1.82) is 0 Å². The van der Waals surface area contributed by atoms with E-state index < -0.39 is 0 Å². The van der Waals surface area contributed by atoms with E-state index in [0.717, 1.165) is 23.0 Å². The molecule has 0 saturated carbocycles. The molecule has 0 atom stereocenters. The summed E-state index contributed by atoms with van der Waals surface area (Å²) in [7, 11) is 0. The summed E-state index contributed by atoms with van der Waals surface area (Å²) in [6.07, 6.45) is 4.90. The first kappa shape index (κ1) is 18.9. The lowest BCUT2D eigenvalue weighted by atomic mass is 10.1. The molecule has 25 heavy (non-hydrogen) atoms. The monoisotopic (exact) mass is 401 g/mol. The summed E-state index contributed by atoms with van der Waals surface area (Å²) in [4.78, 5) is 23.8. The Morgan fingerprint density at radius 1 is 1.04 bits per heavy atom. The Morgan fingerprint density at radius 2 is 1.68 bits per heavy atom. The van der Waals surface area contributed by atoms with Crippen molar-refractivity contribution in [3.8, 4) is 0 Å². The van der Waals surface area contributed by atoms with Crippen LogP contribution in [0.2, 0.25) is 0 Å². The van der Waals surface area contributed by atoms with E-state index in [9.17, 15) is 9.59 Å². The highest BCUT2D eigenvalue weighted by atomic mass is 79.9. The van der Waals surface area contributed by atoms with Gasteiger partial charge in [-0.1, -0.05) is 29.3 Å². The van der Waals surface area contributed by atoms with E-state index in [-0.39, 0.29) is 11.8 Å². The maximum Gasteiger partial charge on any atom is 0.338 e. The quantitative estimate of drug-likeness (QED) is 0.285. The van der Waals surface area contributed by atoms with Crippen LogP contribution in [0.25, 0.3) is 0 Å². The Morgan fingerprint density at radius 3 is 2.32 bits per heavy atom. The van der Waals surface area contributed by atoms with Crippen LogP contribution in [0.1, 0.15) is 40.5 Å². The summed E-state index contributed by atoms with van der Waals surface area (Å²) in [6.45, 7) is 2.49. The maximum absolute atomic E-state index is 12.0. The van der Waals surface area contributed by atoms with Gasteiger partial charge < -0.3 is 10.1 Å². The number of allylic oxidation sites excluding steroid dienone is 1. The molecule has 0 aliphatic heterocycles. The predicted molar refractivity (Wildman–Crippen MR) is 103 cm³/mol. The Kier molecular flexibility index (Phi) is 7.41. The molecule has 4 nitrogen and oxygen atoms in total. The van der Waals surface area contributed by atoms with Crippen molar-refractivity contribution in [2.75, 3.05) is 11.9 Å². The number of hydrogen-bond donors (Lipinski definition) is 1. The number of benzene rings is 2. The summed E-state index contributed by atoms with van der Waals surface area (Å²) in [5.41, 5.74) is 1.91. The molecule has 0 aliphatic carbocycles. The van der Waals surface area contributed by atoms with Crippen molar-refractivity contribution in [2.24, 2.45) is 0 Å². The van der Waals surface area contributed by atoms with E-state index in [2.05, 4.69) is 21.2 Å². The molecule has 0 saturated heterocycles. The minimum absolute atomic E-state index is 0.0869. The largest absolute Gasteiger partial charge is 0.462 e. The van der Waals surface area contributed by atoms with Crippen molar-refractivity contribution in [3.63, 3.8) is 0 Å². The van der Waals surface area contributed by atoms with Gasteiger partial charge in [-0.25, -0.2) is 4.79 Å². The summed E-state index contributed by atoms with van der Waals surface area (Å²) in [5.74, 6) is -0.405. The molecule has 0 radical (unpaired) electrons. The third-order valence-electron chi connectivity index (χ3n) is 3.47. The van der Waals surface area contributed by atoms with Crippen molar-refractivity contribution >= 4 is 33.4 Å². The lowest BCUT2D eigenvalue weighted by Gasteiger charge is -2.05. The number of halogens is 1. The molecule has 0 spiro atoms. The van der Waals surface area contributed by atoms with E-state index in [1.54, 1.807) is 42.6 Å². The van der Waals surface area contributed by atoms with E-state index in [4.69, 9.17) is 4.74 Å². The fraction of sp³-hybridized carbons (Fsp3) is 0.200. The lowest BCUT2D eigenvalue weighted by molar-refractivity contribution is 0.0499. The summed E-state index contributed by atoms with van der Waals surface area (Å²) in [5, 5.41) is 3.01. The third kappa shape index (κ3) is 6.19.